The van der Waals surface area contributed by atoms with E-state index in [4.69, 9.17) is 18.4 Å². The van der Waals surface area contributed by atoms with Crippen LogP contribution in [0.1, 0.15) is 15.9 Å². The van der Waals surface area contributed by atoms with Gasteiger partial charge >= 0.3 is 10.1 Å². The van der Waals surface area contributed by atoms with Crippen molar-refractivity contribution in [1.29, 1.82) is 0 Å². The van der Waals surface area contributed by atoms with Crippen LogP contribution in [0.2, 0.25) is 0 Å². The number of benzene rings is 3. The lowest BCUT2D eigenvalue weighted by atomic mass is 10.1. The van der Waals surface area contributed by atoms with E-state index in [1.54, 1.807) is 42.5 Å². The standard InChI is InChI=1S/C22H14O7S/c23-22-17-8-7-15(29-30(24,25)16-4-2-1-3-5-16)12-19(17)28-21(22)11-14-6-9-18-20(10-14)27-13-26-18/h1-12H,13H2/b21-11-. The number of hydrogen-bond acceptors (Lipinski definition) is 7. The molecule has 0 fully saturated rings. The third-order valence-electron chi connectivity index (χ3n) is 4.57. The molecular formula is C22H14O7S. The van der Waals surface area contributed by atoms with Gasteiger partial charge in [0, 0.05) is 6.07 Å². The molecule has 5 rings (SSSR count). The lowest BCUT2D eigenvalue weighted by Crippen LogP contribution is -2.09. The summed E-state index contributed by atoms with van der Waals surface area (Å²) in [6.07, 6.45) is 1.59. The number of hydrogen-bond donors (Lipinski definition) is 0. The number of ether oxygens (including phenoxy) is 3. The number of allylic oxidation sites excluding steroid dienone is 1. The number of carbonyl (C=O) groups excluding carboxylic acids is 1. The molecule has 0 radical (unpaired) electrons. The molecule has 7 nitrogen and oxygen atoms in total. The monoisotopic (exact) mass is 422 g/mol. The lowest BCUT2D eigenvalue weighted by Gasteiger charge is -2.07. The first-order chi connectivity index (χ1) is 14.5. The maximum Gasteiger partial charge on any atom is 0.339 e. The molecule has 0 saturated heterocycles. The fourth-order valence-electron chi connectivity index (χ4n) is 3.14. The highest BCUT2D eigenvalue weighted by atomic mass is 32.2. The highest BCUT2D eigenvalue weighted by Crippen LogP contribution is 2.37. The van der Waals surface area contributed by atoms with Crippen molar-refractivity contribution in [2.45, 2.75) is 4.90 Å². The Bertz CT molecular complexity index is 1290. The van der Waals surface area contributed by atoms with E-state index in [9.17, 15) is 13.2 Å². The first-order valence-electron chi connectivity index (χ1n) is 8.97. The van der Waals surface area contributed by atoms with Crippen LogP contribution in [0.3, 0.4) is 0 Å². The van der Waals surface area contributed by atoms with Crippen LogP contribution in [0.15, 0.2) is 77.4 Å². The molecule has 8 heteroatoms. The van der Waals surface area contributed by atoms with Crippen LogP contribution in [0.4, 0.5) is 0 Å². The zero-order valence-corrected chi connectivity index (χ0v) is 16.2. The van der Waals surface area contributed by atoms with E-state index in [-0.39, 0.29) is 34.7 Å². The Morgan fingerprint density at radius 3 is 2.50 bits per heavy atom. The van der Waals surface area contributed by atoms with Gasteiger partial charge in [0.15, 0.2) is 17.3 Å². The molecule has 2 aliphatic rings. The summed E-state index contributed by atoms with van der Waals surface area (Å²) >= 11 is 0. The zero-order chi connectivity index (χ0) is 20.7. The molecule has 150 valence electrons. The minimum atomic E-state index is -3.99. The van der Waals surface area contributed by atoms with Crippen LogP contribution in [0, 0.1) is 0 Å². The van der Waals surface area contributed by atoms with Crippen molar-refractivity contribution >= 4 is 22.0 Å². The summed E-state index contributed by atoms with van der Waals surface area (Å²) < 4.78 is 46.3. The topological polar surface area (TPSA) is 88.1 Å². The molecule has 0 bridgehead atoms. The summed E-state index contributed by atoms with van der Waals surface area (Å²) in [4.78, 5) is 12.7. The minimum absolute atomic E-state index is 0.0332. The molecule has 30 heavy (non-hydrogen) atoms. The van der Waals surface area contributed by atoms with E-state index < -0.39 is 10.1 Å². The molecule has 2 aliphatic heterocycles. The fraction of sp³-hybridized carbons (Fsp3) is 0.0455. The Kier molecular flexibility index (Phi) is 4.22. The Morgan fingerprint density at radius 1 is 0.867 bits per heavy atom. The van der Waals surface area contributed by atoms with Crippen LogP contribution in [0.25, 0.3) is 6.08 Å². The van der Waals surface area contributed by atoms with Gasteiger partial charge in [0.2, 0.25) is 12.6 Å². The second kappa shape index (κ2) is 6.93. The van der Waals surface area contributed by atoms with Crippen LogP contribution in [-0.2, 0) is 10.1 Å². The van der Waals surface area contributed by atoms with Crippen molar-refractivity contribution in [3.8, 4) is 23.0 Å². The average Bonchev–Trinajstić information content (AvgIpc) is 3.32. The van der Waals surface area contributed by atoms with Gasteiger partial charge < -0.3 is 18.4 Å². The number of rotatable bonds is 4. The zero-order valence-electron chi connectivity index (χ0n) is 15.4. The van der Waals surface area contributed by atoms with Gasteiger partial charge in [-0.2, -0.15) is 8.42 Å². The van der Waals surface area contributed by atoms with E-state index in [0.29, 0.717) is 22.6 Å². The number of carbonyl (C=O) groups is 1. The van der Waals surface area contributed by atoms with E-state index in [1.165, 1.54) is 30.3 Å². The molecular weight excluding hydrogens is 408 g/mol. The molecule has 0 saturated carbocycles. The Morgan fingerprint density at radius 2 is 1.67 bits per heavy atom. The molecule has 2 heterocycles. The number of ketones is 1. The molecule has 0 unspecified atom stereocenters. The van der Waals surface area contributed by atoms with Crippen LogP contribution in [-0.4, -0.2) is 21.0 Å². The largest absolute Gasteiger partial charge is 0.454 e. The van der Waals surface area contributed by atoms with Crippen LogP contribution in [0.5, 0.6) is 23.0 Å². The number of fused-ring (bicyclic) bond motifs is 2. The second-order valence-corrected chi connectivity index (χ2v) is 8.11. The summed E-state index contributed by atoms with van der Waals surface area (Å²) in [5.41, 5.74) is 1.03. The third kappa shape index (κ3) is 3.27. The summed E-state index contributed by atoms with van der Waals surface area (Å²) in [6.45, 7) is 0.158. The van der Waals surface area contributed by atoms with Crippen molar-refractivity contribution < 1.29 is 31.6 Å². The van der Waals surface area contributed by atoms with E-state index in [2.05, 4.69) is 0 Å². The van der Waals surface area contributed by atoms with Gasteiger partial charge in [0.25, 0.3) is 0 Å². The van der Waals surface area contributed by atoms with Crippen LogP contribution >= 0.6 is 0 Å². The normalized spacial score (nSPS) is 15.7. The SMILES string of the molecule is O=C1/C(=C/c2ccc3c(c2)OCO3)Oc2cc(OS(=O)(=O)c3ccccc3)ccc21. The van der Waals surface area contributed by atoms with Gasteiger partial charge in [-0.15, -0.1) is 0 Å². The van der Waals surface area contributed by atoms with Crippen LogP contribution < -0.4 is 18.4 Å². The highest BCUT2D eigenvalue weighted by molar-refractivity contribution is 7.87. The van der Waals surface area contributed by atoms with Gasteiger partial charge in [0.1, 0.15) is 16.4 Å². The average molecular weight is 422 g/mol. The van der Waals surface area contributed by atoms with Crippen molar-refractivity contribution in [3.63, 3.8) is 0 Å². The van der Waals surface area contributed by atoms with E-state index in [1.807, 2.05) is 0 Å². The first kappa shape index (κ1) is 18.3. The Balaban J connectivity index is 1.40. The van der Waals surface area contributed by atoms with E-state index >= 15 is 0 Å². The molecule has 0 N–H and O–H groups in total. The predicted molar refractivity (Wildman–Crippen MR) is 106 cm³/mol. The minimum Gasteiger partial charge on any atom is -0.454 e. The lowest BCUT2D eigenvalue weighted by molar-refractivity contribution is 0.101. The van der Waals surface area contributed by atoms with Gasteiger partial charge in [-0.25, -0.2) is 0 Å². The quantitative estimate of drug-likeness (QED) is 0.467. The smallest absolute Gasteiger partial charge is 0.339 e. The van der Waals surface area contributed by atoms with Crippen molar-refractivity contribution in [1.82, 2.24) is 0 Å². The molecule has 0 aromatic heterocycles. The Labute approximate surface area is 172 Å². The molecule has 3 aromatic rings. The maximum absolute atomic E-state index is 12.6. The first-order valence-corrected chi connectivity index (χ1v) is 10.4. The number of Topliss-reactive ketones (excluding diaryl/α,β-unsaturated/α-hetero) is 1. The van der Waals surface area contributed by atoms with Crippen molar-refractivity contribution in [3.05, 3.63) is 83.6 Å². The molecule has 0 aliphatic carbocycles. The highest BCUT2D eigenvalue weighted by Gasteiger charge is 2.29. The third-order valence-corrected chi connectivity index (χ3v) is 5.83. The summed E-state index contributed by atoms with van der Waals surface area (Å²) in [6, 6.07) is 17.4. The molecule has 0 atom stereocenters. The molecule has 0 spiro atoms. The second-order valence-electron chi connectivity index (χ2n) is 6.56. The summed E-state index contributed by atoms with van der Waals surface area (Å²) in [7, 11) is -3.99. The maximum atomic E-state index is 12.6. The van der Waals surface area contributed by atoms with Crippen molar-refractivity contribution in [2.75, 3.05) is 6.79 Å². The molecule has 3 aromatic carbocycles. The predicted octanol–water partition coefficient (Wildman–Crippen LogP) is 3.80. The van der Waals surface area contributed by atoms with Gasteiger partial charge in [-0.05, 0) is 48.0 Å². The van der Waals surface area contributed by atoms with Gasteiger partial charge in [0.05, 0.1) is 5.56 Å². The summed E-state index contributed by atoms with van der Waals surface area (Å²) in [5.74, 6) is 1.32. The fourth-order valence-corrected chi connectivity index (χ4v) is 4.08. The summed E-state index contributed by atoms with van der Waals surface area (Å²) in [5, 5.41) is 0. The van der Waals surface area contributed by atoms with E-state index in [0.717, 1.165) is 0 Å². The molecule has 0 amide bonds. The Hall–Kier alpha value is -3.78. The van der Waals surface area contributed by atoms with Gasteiger partial charge in [-0.3, -0.25) is 4.79 Å². The van der Waals surface area contributed by atoms with Crippen molar-refractivity contribution in [2.24, 2.45) is 0 Å². The van der Waals surface area contributed by atoms with Gasteiger partial charge in [-0.1, -0.05) is 24.3 Å².